The molecule has 0 atom stereocenters. The molecule has 1 fully saturated rings. The average Bonchev–Trinajstić information content (AvgIpc) is 2.90. The van der Waals surface area contributed by atoms with Crippen molar-refractivity contribution < 1.29 is 9.50 Å². The zero-order chi connectivity index (χ0) is 9.31. The first-order chi connectivity index (χ1) is 6.26. The van der Waals surface area contributed by atoms with Crippen molar-refractivity contribution in [2.75, 3.05) is 11.9 Å². The molecule has 3 heteroatoms. The van der Waals surface area contributed by atoms with Gasteiger partial charge in [-0.25, -0.2) is 4.39 Å². The third-order valence-electron chi connectivity index (χ3n) is 2.43. The highest BCUT2D eigenvalue weighted by Crippen LogP contribution is 2.38. The smallest absolute Gasteiger partial charge is 0.146 e. The lowest BCUT2D eigenvalue weighted by Gasteiger charge is -2.15. The summed E-state index contributed by atoms with van der Waals surface area (Å²) in [5.74, 6) is -0.262. The van der Waals surface area contributed by atoms with E-state index in [1.165, 1.54) is 6.07 Å². The summed E-state index contributed by atoms with van der Waals surface area (Å²) in [5.41, 5.74) is 0.233. The second-order valence-electron chi connectivity index (χ2n) is 3.54. The monoisotopic (exact) mass is 181 g/mol. The van der Waals surface area contributed by atoms with Crippen LogP contribution in [0.2, 0.25) is 0 Å². The van der Waals surface area contributed by atoms with Crippen LogP contribution in [0.15, 0.2) is 24.3 Å². The van der Waals surface area contributed by atoms with Crippen LogP contribution in [0.1, 0.15) is 12.8 Å². The molecular weight excluding hydrogens is 169 g/mol. The Morgan fingerprint density at radius 1 is 1.38 bits per heavy atom. The number of aliphatic hydroxyl groups excluding tert-OH is 1. The van der Waals surface area contributed by atoms with Gasteiger partial charge in [-0.1, -0.05) is 12.1 Å². The Labute approximate surface area is 76.4 Å². The number of halogens is 1. The molecule has 0 bridgehead atoms. The van der Waals surface area contributed by atoms with Gasteiger partial charge in [-0.05, 0) is 25.0 Å². The standard InChI is InChI=1S/C10H12FNO/c11-8-3-1-2-4-9(8)12-10(7-13)5-6-10/h1-4,12-13H,5-7H2. The molecule has 13 heavy (non-hydrogen) atoms. The van der Waals surface area contributed by atoms with E-state index in [4.69, 9.17) is 5.11 Å². The summed E-state index contributed by atoms with van der Waals surface area (Å²) in [6.07, 6.45) is 1.83. The van der Waals surface area contributed by atoms with Crippen LogP contribution in [0.5, 0.6) is 0 Å². The third kappa shape index (κ3) is 1.65. The second kappa shape index (κ2) is 3.00. The molecule has 1 aliphatic carbocycles. The fourth-order valence-corrected chi connectivity index (χ4v) is 1.32. The lowest BCUT2D eigenvalue weighted by atomic mass is 10.2. The minimum atomic E-state index is -0.262. The van der Waals surface area contributed by atoms with Gasteiger partial charge in [0.2, 0.25) is 0 Å². The number of nitrogens with one attached hydrogen (secondary N) is 1. The highest BCUT2D eigenvalue weighted by molar-refractivity contribution is 5.48. The Morgan fingerprint density at radius 2 is 2.08 bits per heavy atom. The SMILES string of the molecule is OCC1(Nc2ccccc2F)CC1. The van der Waals surface area contributed by atoms with Gasteiger partial charge in [0.1, 0.15) is 5.82 Å². The molecule has 1 aromatic carbocycles. The van der Waals surface area contributed by atoms with Gasteiger partial charge in [-0.2, -0.15) is 0 Å². The molecule has 0 amide bonds. The molecular formula is C10H12FNO. The van der Waals surface area contributed by atoms with Gasteiger partial charge < -0.3 is 10.4 Å². The molecule has 0 radical (unpaired) electrons. The van der Waals surface area contributed by atoms with Crippen molar-refractivity contribution >= 4 is 5.69 Å². The van der Waals surface area contributed by atoms with Crippen LogP contribution in [0.25, 0.3) is 0 Å². The Morgan fingerprint density at radius 3 is 2.62 bits per heavy atom. The zero-order valence-electron chi connectivity index (χ0n) is 7.26. The molecule has 2 N–H and O–H groups in total. The fraction of sp³-hybridized carbons (Fsp3) is 0.400. The first-order valence-corrected chi connectivity index (χ1v) is 4.39. The zero-order valence-corrected chi connectivity index (χ0v) is 7.26. The molecule has 0 spiro atoms. The maximum Gasteiger partial charge on any atom is 0.146 e. The van der Waals surface area contributed by atoms with Crippen molar-refractivity contribution in [1.29, 1.82) is 0 Å². The van der Waals surface area contributed by atoms with Crippen LogP contribution in [0, 0.1) is 5.82 Å². The van der Waals surface area contributed by atoms with Crippen molar-refractivity contribution in [2.24, 2.45) is 0 Å². The van der Waals surface area contributed by atoms with E-state index in [9.17, 15) is 4.39 Å². The van der Waals surface area contributed by atoms with Crippen LogP contribution < -0.4 is 5.32 Å². The summed E-state index contributed by atoms with van der Waals surface area (Å²) in [5, 5.41) is 12.0. The highest BCUT2D eigenvalue weighted by Gasteiger charge is 2.42. The van der Waals surface area contributed by atoms with Crippen molar-refractivity contribution in [3.63, 3.8) is 0 Å². The van der Waals surface area contributed by atoms with Crippen LogP contribution in [-0.4, -0.2) is 17.3 Å². The normalized spacial score (nSPS) is 18.3. The molecule has 1 aliphatic rings. The summed E-state index contributed by atoms with van der Waals surface area (Å²) in [6, 6.07) is 6.53. The van der Waals surface area contributed by atoms with Gasteiger partial charge in [0.05, 0.1) is 17.8 Å². The number of para-hydroxylation sites is 1. The van der Waals surface area contributed by atoms with Gasteiger partial charge >= 0.3 is 0 Å². The maximum absolute atomic E-state index is 13.1. The van der Waals surface area contributed by atoms with Gasteiger partial charge in [0.25, 0.3) is 0 Å². The summed E-state index contributed by atoms with van der Waals surface area (Å²) in [6.45, 7) is 0.0708. The lowest BCUT2D eigenvalue weighted by molar-refractivity contribution is 0.266. The molecule has 0 heterocycles. The molecule has 2 nitrogen and oxygen atoms in total. The number of rotatable bonds is 3. The van der Waals surface area contributed by atoms with E-state index >= 15 is 0 Å². The number of aliphatic hydroxyl groups is 1. The van der Waals surface area contributed by atoms with E-state index in [0.717, 1.165) is 12.8 Å². The second-order valence-corrected chi connectivity index (χ2v) is 3.54. The minimum absolute atomic E-state index is 0.0708. The van der Waals surface area contributed by atoms with Crippen LogP contribution in [0.4, 0.5) is 10.1 Å². The van der Waals surface area contributed by atoms with E-state index in [-0.39, 0.29) is 18.0 Å². The topological polar surface area (TPSA) is 32.3 Å². The quantitative estimate of drug-likeness (QED) is 0.744. The van der Waals surface area contributed by atoms with Gasteiger partial charge in [-0.15, -0.1) is 0 Å². The van der Waals surface area contributed by atoms with E-state index in [1.807, 2.05) is 0 Å². The maximum atomic E-state index is 13.1. The Bertz CT molecular complexity index is 310. The van der Waals surface area contributed by atoms with E-state index < -0.39 is 0 Å². The summed E-state index contributed by atoms with van der Waals surface area (Å²) in [4.78, 5) is 0. The summed E-state index contributed by atoms with van der Waals surface area (Å²) >= 11 is 0. The average molecular weight is 181 g/mol. The van der Waals surface area contributed by atoms with Crippen molar-refractivity contribution in [2.45, 2.75) is 18.4 Å². The molecule has 2 rings (SSSR count). The Kier molecular flexibility index (Phi) is 1.96. The van der Waals surface area contributed by atoms with Crippen molar-refractivity contribution in [3.05, 3.63) is 30.1 Å². The lowest BCUT2D eigenvalue weighted by Crippen LogP contribution is -2.26. The van der Waals surface area contributed by atoms with Gasteiger partial charge in [0.15, 0.2) is 0 Å². The molecule has 1 aromatic rings. The Balaban J connectivity index is 2.14. The number of anilines is 1. The van der Waals surface area contributed by atoms with Gasteiger partial charge in [0, 0.05) is 0 Å². The predicted octanol–water partition coefficient (Wildman–Crippen LogP) is 1.76. The largest absolute Gasteiger partial charge is 0.394 e. The van der Waals surface area contributed by atoms with Gasteiger partial charge in [-0.3, -0.25) is 0 Å². The molecule has 1 saturated carbocycles. The molecule has 0 unspecified atom stereocenters. The van der Waals surface area contributed by atoms with E-state index in [1.54, 1.807) is 18.2 Å². The number of hydrogen-bond acceptors (Lipinski definition) is 2. The summed E-state index contributed by atoms with van der Waals surface area (Å²) < 4.78 is 13.1. The highest BCUT2D eigenvalue weighted by atomic mass is 19.1. The Hall–Kier alpha value is -1.09. The minimum Gasteiger partial charge on any atom is -0.394 e. The summed E-state index contributed by atoms with van der Waals surface area (Å²) in [7, 11) is 0. The predicted molar refractivity (Wildman–Crippen MR) is 49.1 cm³/mol. The first kappa shape index (κ1) is 8.51. The molecule has 0 saturated heterocycles. The molecule has 0 aromatic heterocycles. The molecule has 70 valence electrons. The van der Waals surface area contributed by atoms with E-state index in [0.29, 0.717) is 5.69 Å². The van der Waals surface area contributed by atoms with E-state index in [2.05, 4.69) is 5.32 Å². The van der Waals surface area contributed by atoms with Crippen LogP contribution >= 0.6 is 0 Å². The molecule has 0 aliphatic heterocycles. The van der Waals surface area contributed by atoms with Crippen molar-refractivity contribution in [3.8, 4) is 0 Å². The van der Waals surface area contributed by atoms with Crippen molar-refractivity contribution in [1.82, 2.24) is 0 Å². The number of benzene rings is 1. The fourth-order valence-electron chi connectivity index (χ4n) is 1.32. The van der Waals surface area contributed by atoms with Crippen LogP contribution in [-0.2, 0) is 0 Å². The number of hydrogen-bond donors (Lipinski definition) is 2. The first-order valence-electron chi connectivity index (χ1n) is 4.39. The third-order valence-corrected chi connectivity index (χ3v) is 2.43. The van der Waals surface area contributed by atoms with Crippen LogP contribution in [0.3, 0.4) is 0 Å².